The summed E-state index contributed by atoms with van der Waals surface area (Å²) < 4.78 is 18.8. The largest absolute Gasteiger partial charge is 0.369 e. The average Bonchev–Trinajstić information content (AvgIpc) is 2.70. The molecule has 0 aliphatic carbocycles. The molecule has 1 aliphatic heterocycles. The summed E-state index contributed by atoms with van der Waals surface area (Å²) in [6, 6.07) is 6.61. The second-order valence-electron chi connectivity index (χ2n) is 3.95. The maximum absolute atomic E-state index is 13.0. The third-order valence-electron chi connectivity index (χ3n) is 2.73. The Morgan fingerprint density at radius 3 is 3.07 bits per heavy atom. The van der Waals surface area contributed by atoms with Crippen LogP contribution in [-0.4, -0.2) is 19.2 Å². The quantitative estimate of drug-likeness (QED) is 0.824. The van der Waals surface area contributed by atoms with Crippen LogP contribution in [0.25, 0.3) is 0 Å². The zero-order valence-corrected chi connectivity index (χ0v) is 8.87. The molecular weight excluding hydrogens is 193 g/mol. The average molecular weight is 209 g/mol. The predicted octanol–water partition coefficient (Wildman–Crippen LogP) is 2.27. The summed E-state index contributed by atoms with van der Waals surface area (Å²) in [6.45, 7) is 3.88. The van der Waals surface area contributed by atoms with E-state index in [0.29, 0.717) is 0 Å². The first kappa shape index (κ1) is 10.6. The van der Waals surface area contributed by atoms with Crippen molar-refractivity contribution in [1.29, 1.82) is 0 Å². The number of hydrogen-bond donors (Lipinski definition) is 1. The molecule has 1 fully saturated rings. The van der Waals surface area contributed by atoms with Crippen LogP contribution in [0.2, 0.25) is 0 Å². The van der Waals surface area contributed by atoms with E-state index >= 15 is 0 Å². The normalized spacial score (nSPS) is 22.9. The lowest BCUT2D eigenvalue weighted by Crippen LogP contribution is -2.18. The Kier molecular flexibility index (Phi) is 3.34. The SMILES string of the molecule is C[C@H](O[C@@H]1CCNC1)c1cccc(F)c1. The molecule has 1 heterocycles. The van der Waals surface area contributed by atoms with E-state index < -0.39 is 0 Å². The zero-order valence-electron chi connectivity index (χ0n) is 8.87. The highest BCUT2D eigenvalue weighted by Gasteiger charge is 2.18. The minimum Gasteiger partial charge on any atom is -0.369 e. The summed E-state index contributed by atoms with van der Waals surface area (Å²) in [7, 11) is 0. The van der Waals surface area contributed by atoms with E-state index in [1.54, 1.807) is 6.07 Å². The molecule has 1 aromatic carbocycles. The fourth-order valence-corrected chi connectivity index (χ4v) is 1.87. The second-order valence-corrected chi connectivity index (χ2v) is 3.95. The van der Waals surface area contributed by atoms with Gasteiger partial charge in [-0.05, 0) is 37.6 Å². The molecule has 0 unspecified atom stereocenters. The van der Waals surface area contributed by atoms with Crippen LogP contribution in [0.15, 0.2) is 24.3 Å². The molecule has 0 saturated carbocycles. The molecule has 2 atom stereocenters. The first-order valence-corrected chi connectivity index (χ1v) is 5.37. The van der Waals surface area contributed by atoms with Crippen molar-refractivity contribution in [2.45, 2.75) is 25.6 Å². The Bertz CT molecular complexity index is 323. The molecule has 0 bridgehead atoms. The van der Waals surface area contributed by atoms with Gasteiger partial charge in [0.05, 0.1) is 12.2 Å². The summed E-state index contributed by atoms with van der Waals surface area (Å²) in [6.07, 6.45) is 1.27. The highest BCUT2D eigenvalue weighted by molar-refractivity contribution is 5.18. The number of hydrogen-bond acceptors (Lipinski definition) is 2. The minimum atomic E-state index is -0.201. The third-order valence-corrected chi connectivity index (χ3v) is 2.73. The maximum Gasteiger partial charge on any atom is 0.123 e. The molecular formula is C12H16FNO. The summed E-state index contributed by atoms with van der Waals surface area (Å²) >= 11 is 0. The van der Waals surface area contributed by atoms with Crippen LogP contribution < -0.4 is 5.32 Å². The molecule has 2 rings (SSSR count). The molecule has 0 aromatic heterocycles. The number of halogens is 1. The van der Waals surface area contributed by atoms with Crippen LogP contribution in [0.5, 0.6) is 0 Å². The van der Waals surface area contributed by atoms with Gasteiger partial charge < -0.3 is 10.1 Å². The van der Waals surface area contributed by atoms with Crippen molar-refractivity contribution in [3.8, 4) is 0 Å². The first-order chi connectivity index (χ1) is 7.25. The van der Waals surface area contributed by atoms with Gasteiger partial charge in [-0.25, -0.2) is 4.39 Å². The molecule has 2 nitrogen and oxygen atoms in total. The van der Waals surface area contributed by atoms with E-state index in [-0.39, 0.29) is 18.0 Å². The van der Waals surface area contributed by atoms with Gasteiger partial charge in [-0.1, -0.05) is 12.1 Å². The van der Waals surface area contributed by atoms with Crippen LogP contribution in [0.4, 0.5) is 4.39 Å². The molecule has 0 spiro atoms. The van der Waals surface area contributed by atoms with Gasteiger partial charge in [-0.3, -0.25) is 0 Å². The molecule has 1 aliphatic rings. The first-order valence-electron chi connectivity index (χ1n) is 5.37. The van der Waals surface area contributed by atoms with E-state index in [0.717, 1.165) is 25.1 Å². The number of nitrogens with one attached hydrogen (secondary N) is 1. The van der Waals surface area contributed by atoms with Gasteiger partial charge in [-0.15, -0.1) is 0 Å². The lowest BCUT2D eigenvalue weighted by Gasteiger charge is -2.18. The Labute approximate surface area is 89.4 Å². The van der Waals surface area contributed by atoms with Crippen LogP contribution in [0.3, 0.4) is 0 Å². The molecule has 82 valence electrons. The topological polar surface area (TPSA) is 21.3 Å². The third kappa shape index (κ3) is 2.76. The van der Waals surface area contributed by atoms with Crippen LogP contribution >= 0.6 is 0 Å². The van der Waals surface area contributed by atoms with E-state index in [1.165, 1.54) is 12.1 Å². The van der Waals surface area contributed by atoms with Crippen molar-refractivity contribution in [1.82, 2.24) is 5.32 Å². The summed E-state index contributed by atoms with van der Waals surface area (Å²) in [4.78, 5) is 0. The summed E-state index contributed by atoms with van der Waals surface area (Å²) in [5, 5.41) is 3.24. The lowest BCUT2D eigenvalue weighted by molar-refractivity contribution is 0.00814. The van der Waals surface area contributed by atoms with E-state index in [4.69, 9.17) is 4.74 Å². The number of benzene rings is 1. The van der Waals surface area contributed by atoms with Crippen molar-refractivity contribution in [2.75, 3.05) is 13.1 Å². The zero-order chi connectivity index (χ0) is 10.7. The highest BCUT2D eigenvalue weighted by atomic mass is 19.1. The van der Waals surface area contributed by atoms with Gasteiger partial charge in [0.2, 0.25) is 0 Å². The van der Waals surface area contributed by atoms with Crippen LogP contribution in [0, 0.1) is 5.82 Å². The monoisotopic (exact) mass is 209 g/mol. The van der Waals surface area contributed by atoms with Crippen LogP contribution in [-0.2, 0) is 4.74 Å². The van der Waals surface area contributed by atoms with Crippen LogP contribution in [0.1, 0.15) is 25.0 Å². The molecule has 1 aromatic rings. The predicted molar refractivity (Wildman–Crippen MR) is 57.2 cm³/mol. The van der Waals surface area contributed by atoms with Crippen molar-refractivity contribution in [3.63, 3.8) is 0 Å². The Morgan fingerprint density at radius 1 is 1.53 bits per heavy atom. The van der Waals surface area contributed by atoms with E-state index in [9.17, 15) is 4.39 Å². The molecule has 1 saturated heterocycles. The van der Waals surface area contributed by atoms with E-state index in [1.807, 2.05) is 13.0 Å². The second kappa shape index (κ2) is 4.73. The Hall–Kier alpha value is -0.930. The van der Waals surface area contributed by atoms with Crippen molar-refractivity contribution in [3.05, 3.63) is 35.6 Å². The molecule has 0 radical (unpaired) electrons. The molecule has 15 heavy (non-hydrogen) atoms. The minimum absolute atomic E-state index is 0.0365. The Balaban J connectivity index is 1.97. The van der Waals surface area contributed by atoms with Gasteiger partial charge in [0.15, 0.2) is 0 Å². The fraction of sp³-hybridized carbons (Fsp3) is 0.500. The molecule has 3 heteroatoms. The fourth-order valence-electron chi connectivity index (χ4n) is 1.87. The van der Waals surface area contributed by atoms with Crippen molar-refractivity contribution < 1.29 is 9.13 Å². The summed E-state index contributed by atoms with van der Waals surface area (Å²) in [5.74, 6) is -0.201. The van der Waals surface area contributed by atoms with Crippen molar-refractivity contribution in [2.24, 2.45) is 0 Å². The smallest absolute Gasteiger partial charge is 0.123 e. The lowest BCUT2D eigenvalue weighted by atomic mass is 10.1. The van der Waals surface area contributed by atoms with Gasteiger partial charge in [0, 0.05) is 6.54 Å². The maximum atomic E-state index is 13.0. The van der Waals surface area contributed by atoms with Gasteiger partial charge in [0.25, 0.3) is 0 Å². The van der Waals surface area contributed by atoms with Gasteiger partial charge in [-0.2, -0.15) is 0 Å². The highest BCUT2D eigenvalue weighted by Crippen LogP contribution is 2.21. The van der Waals surface area contributed by atoms with E-state index in [2.05, 4.69) is 5.32 Å². The van der Waals surface area contributed by atoms with Gasteiger partial charge in [0.1, 0.15) is 5.82 Å². The Morgan fingerprint density at radius 2 is 2.40 bits per heavy atom. The van der Waals surface area contributed by atoms with Crippen molar-refractivity contribution >= 4 is 0 Å². The molecule has 0 amide bonds. The van der Waals surface area contributed by atoms with Gasteiger partial charge >= 0.3 is 0 Å². The standard InChI is InChI=1S/C12H16FNO/c1-9(15-12-5-6-14-8-12)10-3-2-4-11(13)7-10/h2-4,7,9,12,14H,5-6,8H2,1H3/t9-,12+/m0/s1. The summed E-state index contributed by atoms with van der Waals surface area (Å²) in [5.41, 5.74) is 0.905. The number of ether oxygens (including phenoxy) is 1. The molecule has 1 N–H and O–H groups in total. The number of rotatable bonds is 3.